The third-order valence-electron chi connectivity index (χ3n) is 6.00. The summed E-state index contributed by atoms with van der Waals surface area (Å²) in [5.41, 5.74) is 4.26. The molecule has 0 spiro atoms. The summed E-state index contributed by atoms with van der Waals surface area (Å²) < 4.78 is 8.11. The molecule has 1 heterocycles. The molecule has 34 heavy (non-hydrogen) atoms. The standard InChI is InChI=1S/C30H24N2O2/c33-21-24-16-18-29(19-17-24)34-22-28-20-32(23-31-28)30(25-10-4-1-5-11-25,26-12-6-2-7-13-26)27-14-8-3-9-15-27/h1-21,23H,22H2. The van der Waals surface area contributed by atoms with Crippen LogP contribution in [0, 0.1) is 0 Å². The van der Waals surface area contributed by atoms with Crippen molar-refractivity contribution in [3.8, 4) is 5.75 Å². The molecular weight excluding hydrogens is 420 g/mol. The number of hydrogen-bond donors (Lipinski definition) is 0. The number of aldehydes is 1. The van der Waals surface area contributed by atoms with Gasteiger partial charge in [0.2, 0.25) is 0 Å². The van der Waals surface area contributed by atoms with Gasteiger partial charge in [-0.15, -0.1) is 0 Å². The fourth-order valence-electron chi connectivity index (χ4n) is 4.41. The molecular formula is C30H24N2O2. The summed E-state index contributed by atoms with van der Waals surface area (Å²) in [6, 6.07) is 38.5. The number of hydrogen-bond acceptors (Lipinski definition) is 3. The third-order valence-corrected chi connectivity index (χ3v) is 6.00. The van der Waals surface area contributed by atoms with Crippen molar-refractivity contribution in [2.24, 2.45) is 0 Å². The molecule has 0 atom stereocenters. The van der Waals surface area contributed by atoms with Crippen LogP contribution < -0.4 is 4.74 Å². The van der Waals surface area contributed by atoms with Crippen LogP contribution in [-0.2, 0) is 12.1 Å². The molecule has 0 amide bonds. The van der Waals surface area contributed by atoms with E-state index in [9.17, 15) is 4.79 Å². The summed E-state index contributed by atoms with van der Waals surface area (Å²) in [6.45, 7) is 0.321. The van der Waals surface area contributed by atoms with Crippen LogP contribution >= 0.6 is 0 Å². The molecule has 0 saturated heterocycles. The van der Waals surface area contributed by atoms with Crippen molar-refractivity contribution >= 4 is 6.29 Å². The normalized spacial score (nSPS) is 11.2. The van der Waals surface area contributed by atoms with E-state index in [4.69, 9.17) is 4.74 Å². The van der Waals surface area contributed by atoms with Gasteiger partial charge in [0.1, 0.15) is 24.2 Å². The Hall–Kier alpha value is -4.44. The first-order valence-corrected chi connectivity index (χ1v) is 11.2. The fourth-order valence-corrected chi connectivity index (χ4v) is 4.41. The highest BCUT2D eigenvalue weighted by atomic mass is 16.5. The van der Waals surface area contributed by atoms with E-state index in [1.165, 1.54) is 0 Å². The van der Waals surface area contributed by atoms with Gasteiger partial charge >= 0.3 is 0 Å². The Labute approximate surface area is 199 Å². The van der Waals surface area contributed by atoms with E-state index in [0.717, 1.165) is 28.7 Å². The summed E-state index contributed by atoms with van der Waals surface area (Å²) in [7, 11) is 0. The van der Waals surface area contributed by atoms with Gasteiger partial charge in [0.05, 0.1) is 12.0 Å². The van der Waals surface area contributed by atoms with E-state index in [2.05, 4.69) is 82.3 Å². The van der Waals surface area contributed by atoms with Crippen molar-refractivity contribution < 1.29 is 9.53 Å². The molecule has 4 nitrogen and oxygen atoms in total. The van der Waals surface area contributed by atoms with Gasteiger partial charge in [-0.05, 0) is 41.0 Å². The van der Waals surface area contributed by atoms with E-state index in [0.29, 0.717) is 17.9 Å². The summed E-state index contributed by atoms with van der Waals surface area (Å²) in [5, 5.41) is 0. The Bertz CT molecular complexity index is 1250. The minimum Gasteiger partial charge on any atom is -0.487 e. The van der Waals surface area contributed by atoms with Crippen LogP contribution in [0.5, 0.6) is 5.75 Å². The molecule has 5 rings (SSSR count). The largest absolute Gasteiger partial charge is 0.487 e. The Kier molecular flexibility index (Phi) is 6.04. The lowest BCUT2D eigenvalue weighted by Gasteiger charge is -2.37. The molecule has 0 radical (unpaired) electrons. The van der Waals surface area contributed by atoms with Crippen LogP contribution in [-0.4, -0.2) is 15.8 Å². The maximum atomic E-state index is 10.9. The maximum absolute atomic E-state index is 10.9. The molecule has 0 fully saturated rings. The van der Waals surface area contributed by atoms with Crippen molar-refractivity contribution in [3.05, 3.63) is 156 Å². The van der Waals surface area contributed by atoms with Gasteiger partial charge in [0.15, 0.2) is 0 Å². The maximum Gasteiger partial charge on any atom is 0.150 e. The summed E-state index contributed by atoms with van der Waals surface area (Å²) >= 11 is 0. The second-order valence-electron chi connectivity index (χ2n) is 8.06. The highest BCUT2D eigenvalue weighted by Crippen LogP contribution is 2.40. The second-order valence-corrected chi connectivity index (χ2v) is 8.06. The van der Waals surface area contributed by atoms with Crippen LogP contribution in [0.1, 0.15) is 32.7 Å². The molecule has 166 valence electrons. The minimum atomic E-state index is -0.597. The topological polar surface area (TPSA) is 44.1 Å². The quantitative estimate of drug-likeness (QED) is 0.214. The SMILES string of the molecule is O=Cc1ccc(OCc2cn(C(c3ccccc3)(c3ccccc3)c3ccccc3)cn2)cc1. The number of aromatic nitrogens is 2. The number of rotatable bonds is 8. The predicted octanol–water partition coefficient (Wildman–Crippen LogP) is 6.11. The lowest BCUT2D eigenvalue weighted by molar-refractivity contribution is 0.112. The first-order chi connectivity index (χ1) is 16.8. The Morgan fingerprint density at radius 2 is 1.21 bits per heavy atom. The average Bonchev–Trinajstić information content (AvgIpc) is 3.39. The second kappa shape index (κ2) is 9.59. The molecule has 0 aliphatic rings. The van der Waals surface area contributed by atoms with Crippen molar-refractivity contribution in [1.29, 1.82) is 0 Å². The molecule has 5 aromatic rings. The highest BCUT2D eigenvalue weighted by molar-refractivity contribution is 5.74. The fraction of sp³-hybridized carbons (Fsp3) is 0.0667. The van der Waals surface area contributed by atoms with Gasteiger partial charge < -0.3 is 9.30 Å². The van der Waals surface area contributed by atoms with Crippen molar-refractivity contribution in [2.45, 2.75) is 12.1 Å². The highest BCUT2D eigenvalue weighted by Gasteiger charge is 2.38. The first-order valence-electron chi connectivity index (χ1n) is 11.2. The summed E-state index contributed by atoms with van der Waals surface area (Å²) in [4.78, 5) is 15.6. The molecule has 0 unspecified atom stereocenters. The van der Waals surface area contributed by atoms with Crippen molar-refractivity contribution in [3.63, 3.8) is 0 Å². The van der Waals surface area contributed by atoms with E-state index in [-0.39, 0.29) is 0 Å². The Morgan fingerprint density at radius 1 is 0.706 bits per heavy atom. The van der Waals surface area contributed by atoms with Crippen LogP contribution in [0.3, 0.4) is 0 Å². The number of imidazole rings is 1. The molecule has 0 saturated carbocycles. The van der Waals surface area contributed by atoms with Crippen LogP contribution in [0.2, 0.25) is 0 Å². The molecule has 1 aromatic heterocycles. The van der Waals surface area contributed by atoms with E-state index < -0.39 is 5.54 Å². The molecule has 4 aromatic carbocycles. The molecule has 0 bridgehead atoms. The molecule has 0 aliphatic carbocycles. The average molecular weight is 445 g/mol. The Morgan fingerprint density at radius 3 is 1.68 bits per heavy atom. The van der Waals surface area contributed by atoms with Crippen LogP contribution in [0.25, 0.3) is 0 Å². The number of carbonyl (C=O) groups is 1. The van der Waals surface area contributed by atoms with Gasteiger partial charge in [-0.1, -0.05) is 91.0 Å². The summed E-state index contributed by atoms with van der Waals surface area (Å²) in [5.74, 6) is 0.695. The number of carbonyl (C=O) groups excluding carboxylic acids is 1. The van der Waals surface area contributed by atoms with Gasteiger partial charge in [-0.25, -0.2) is 4.98 Å². The van der Waals surface area contributed by atoms with Gasteiger partial charge in [-0.2, -0.15) is 0 Å². The number of benzene rings is 4. The number of ether oxygens (including phenoxy) is 1. The first kappa shape index (κ1) is 21.4. The van der Waals surface area contributed by atoms with Crippen LogP contribution in [0.15, 0.2) is 128 Å². The summed E-state index contributed by atoms with van der Waals surface area (Å²) in [6.07, 6.45) is 4.75. The van der Waals surface area contributed by atoms with Crippen LogP contribution in [0.4, 0.5) is 0 Å². The lowest BCUT2D eigenvalue weighted by atomic mass is 9.77. The minimum absolute atomic E-state index is 0.321. The lowest BCUT2D eigenvalue weighted by Crippen LogP contribution is -2.36. The van der Waals surface area contributed by atoms with E-state index in [1.54, 1.807) is 24.3 Å². The van der Waals surface area contributed by atoms with Gasteiger partial charge in [0, 0.05) is 11.8 Å². The van der Waals surface area contributed by atoms with Gasteiger partial charge in [0.25, 0.3) is 0 Å². The van der Waals surface area contributed by atoms with E-state index >= 15 is 0 Å². The third kappa shape index (κ3) is 4.02. The Balaban J connectivity index is 1.59. The zero-order chi connectivity index (χ0) is 23.2. The van der Waals surface area contributed by atoms with Crippen molar-refractivity contribution in [2.75, 3.05) is 0 Å². The zero-order valence-electron chi connectivity index (χ0n) is 18.6. The monoisotopic (exact) mass is 444 g/mol. The van der Waals surface area contributed by atoms with Gasteiger partial charge in [-0.3, -0.25) is 4.79 Å². The van der Waals surface area contributed by atoms with Crippen molar-refractivity contribution in [1.82, 2.24) is 9.55 Å². The predicted molar refractivity (Wildman–Crippen MR) is 133 cm³/mol. The molecule has 4 heteroatoms. The molecule has 0 N–H and O–H groups in total. The zero-order valence-corrected chi connectivity index (χ0v) is 18.6. The number of nitrogens with zero attached hydrogens (tertiary/aromatic N) is 2. The van der Waals surface area contributed by atoms with E-state index in [1.807, 2.05) is 30.7 Å². The molecule has 0 aliphatic heterocycles. The smallest absolute Gasteiger partial charge is 0.150 e.